The highest BCUT2D eigenvalue weighted by molar-refractivity contribution is 6.34. The highest BCUT2D eigenvalue weighted by Gasteiger charge is 2.30. The van der Waals surface area contributed by atoms with Gasteiger partial charge in [-0.05, 0) is 18.4 Å². The number of carbonyl (C=O) groups excluding carboxylic acids is 2. The average molecular weight is 327 g/mol. The predicted molar refractivity (Wildman–Crippen MR) is 94.3 cm³/mol. The van der Waals surface area contributed by atoms with Gasteiger partial charge >= 0.3 is 11.8 Å². The van der Waals surface area contributed by atoms with E-state index in [-0.39, 0.29) is 11.8 Å². The van der Waals surface area contributed by atoms with Crippen LogP contribution in [0.1, 0.15) is 18.4 Å². The fourth-order valence-electron chi connectivity index (χ4n) is 3.23. The Bertz CT molecular complexity index is 586. The lowest BCUT2D eigenvalue weighted by molar-refractivity contribution is -0.152. The molecule has 1 aromatic carbocycles. The van der Waals surface area contributed by atoms with Crippen LogP contribution in [0.5, 0.6) is 0 Å². The van der Waals surface area contributed by atoms with Crippen LogP contribution in [0.15, 0.2) is 36.4 Å². The van der Waals surface area contributed by atoms with Crippen LogP contribution in [0.3, 0.4) is 0 Å². The number of nitrogens with zero attached hydrogens (tertiary/aromatic N) is 3. The second kappa shape index (κ2) is 8.11. The normalized spacial score (nSPS) is 19.2. The number of rotatable bonds is 3. The van der Waals surface area contributed by atoms with Gasteiger partial charge in [0.1, 0.15) is 0 Å². The summed E-state index contributed by atoms with van der Waals surface area (Å²) >= 11 is 0. The van der Waals surface area contributed by atoms with Crippen molar-refractivity contribution in [3.05, 3.63) is 42.0 Å². The van der Waals surface area contributed by atoms with Crippen LogP contribution >= 0.6 is 0 Å². The van der Waals surface area contributed by atoms with Crippen molar-refractivity contribution in [3.63, 3.8) is 0 Å². The van der Waals surface area contributed by atoms with Crippen molar-refractivity contribution in [2.24, 2.45) is 0 Å². The summed E-state index contributed by atoms with van der Waals surface area (Å²) in [5.41, 5.74) is 1.20. The summed E-state index contributed by atoms with van der Waals surface area (Å²) in [6.07, 6.45) is 6.30. The number of benzene rings is 1. The van der Waals surface area contributed by atoms with Gasteiger partial charge in [0.2, 0.25) is 0 Å². The third-order valence-corrected chi connectivity index (χ3v) is 4.71. The fraction of sp³-hybridized carbons (Fsp3) is 0.474. The number of likely N-dealkylation sites (tertiary alicyclic amines) is 1. The Kier molecular flexibility index (Phi) is 5.64. The SMILES string of the molecule is O=C(C(=O)N1CCN(C/C=C/c2ccccc2)CC1)N1CCCC1. The molecule has 0 radical (unpaired) electrons. The van der Waals surface area contributed by atoms with Gasteiger partial charge in [-0.2, -0.15) is 0 Å². The molecule has 2 fully saturated rings. The minimum atomic E-state index is -0.323. The zero-order chi connectivity index (χ0) is 16.8. The van der Waals surface area contributed by atoms with Crippen molar-refractivity contribution in [2.45, 2.75) is 12.8 Å². The van der Waals surface area contributed by atoms with Gasteiger partial charge < -0.3 is 9.80 Å². The van der Waals surface area contributed by atoms with E-state index < -0.39 is 0 Å². The molecular formula is C19H25N3O2. The molecule has 2 aliphatic rings. The Hall–Kier alpha value is -2.14. The fourth-order valence-corrected chi connectivity index (χ4v) is 3.23. The molecule has 0 bridgehead atoms. The van der Waals surface area contributed by atoms with E-state index in [1.54, 1.807) is 9.80 Å². The van der Waals surface area contributed by atoms with Crippen molar-refractivity contribution in [1.82, 2.24) is 14.7 Å². The average Bonchev–Trinajstić information content (AvgIpc) is 3.17. The van der Waals surface area contributed by atoms with Gasteiger partial charge in [-0.1, -0.05) is 42.5 Å². The number of amides is 2. The first-order valence-corrected chi connectivity index (χ1v) is 8.76. The summed E-state index contributed by atoms with van der Waals surface area (Å²) in [7, 11) is 0. The second-order valence-corrected chi connectivity index (χ2v) is 6.41. The number of piperazine rings is 1. The molecule has 5 nitrogen and oxygen atoms in total. The van der Waals surface area contributed by atoms with Gasteiger partial charge in [-0.3, -0.25) is 14.5 Å². The third-order valence-electron chi connectivity index (χ3n) is 4.71. The van der Waals surface area contributed by atoms with Crippen LogP contribution in [-0.4, -0.2) is 72.3 Å². The molecule has 0 spiro atoms. The zero-order valence-corrected chi connectivity index (χ0v) is 14.1. The maximum Gasteiger partial charge on any atom is 0.312 e. The lowest BCUT2D eigenvalue weighted by Crippen LogP contribution is -2.52. The van der Waals surface area contributed by atoms with Gasteiger partial charge in [0.05, 0.1) is 0 Å². The molecule has 2 aliphatic heterocycles. The number of carbonyl (C=O) groups is 2. The van der Waals surface area contributed by atoms with Crippen LogP contribution in [0.2, 0.25) is 0 Å². The molecule has 0 saturated carbocycles. The quantitative estimate of drug-likeness (QED) is 0.790. The first-order chi connectivity index (χ1) is 11.7. The largest absolute Gasteiger partial charge is 0.334 e. The number of hydrogen-bond donors (Lipinski definition) is 0. The Balaban J connectivity index is 1.43. The summed E-state index contributed by atoms with van der Waals surface area (Å²) in [6, 6.07) is 10.2. The summed E-state index contributed by atoms with van der Waals surface area (Å²) in [6.45, 7) is 5.24. The van der Waals surface area contributed by atoms with Gasteiger partial charge in [-0.15, -0.1) is 0 Å². The molecule has 128 valence electrons. The topological polar surface area (TPSA) is 43.9 Å². The molecule has 0 aromatic heterocycles. The van der Waals surface area contributed by atoms with Crippen molar-refractivity contribution in [1.29, 1.82) is 0 Å². The summed E-state index contributed by atoms with van der Waals surface area (Å²) in [4.78, 5) is 30.2. The van der Waals surface area contributed by atoms with Crippen molar-refractivity contribution < 1.29 is 9.59 Å². The van der Waals surface area contributed by atoms with Gasteiger partial charge in [-0.25, -0.2) is 0 Å². The lowest BCUT2D eigenvalue weighted by Gasteiger charge is -2.34. The third kappa shape index (κ3) is 4.23. The highest BCUT2D eigenvalue weighted by Crippen LogP contribution is 2.10. The molecule has 5 heteroatoms. The first kappa shape index (κ1) is 16.7. The van der Waals surface area contributed by atoms with E-state index in [1.165, 1.54) is 5.56 Å². The van der Waals surface area contributed by atoms with Crippen LogP contribution in [0, 0.1) is 0 Å². The van der Waals surface area contributed by atoms with E-state index in [0.29, 0.717) is 13.1 Å². The van der Waals surface area contributed by atoms with Crippen molar-refractivity contribution in [3.8, 4) is 0 Å². The minimum absolute atomic E-state index is 0.315. The smallest absolute Gasteiger partial charge is 0.312 e. The van der Waals surface area contributed by atoms with Crippen LogP contribution in [0.25, 0.3) is 6.08 Å². The molecule has 24 heavy (non-hydrogen) atoms. The van der Waals surface area contributed by atoms with Gasteiger partial charge in [0.15, 0.2) is 0 Å². The zero-order valence-electron chi connectivity index (χ0n) is 14.1. The maximum atomic E-state index is 12.3. The highest BCUT2D eigenvalue weighted by atomic mass is 16.2. The van der Waals surface area contributed by atoms with Crippen LogP contribution in [0.4, 0.5) is 0 Å². The van der Waals surface area contributed by atoms with Crippen LogP contribution in [-0.2, 0) is 9.59 Å². The molecule has 2 saturated heterocycles. The Labute approximate surface area is 143 Å². The van der Waals surface area contributed by atoms with E-state index in [1.807, 2.05) is 18.2 Å². The molecular weight excluding hydrogens is 302 g/mol. The molecule has 2 heterocycles. The Morgan fingerprint density at radius 3 is 2.04 bits per heavy atom. The molecule has 1 aromatic rings. The molecule has 0 aliphatic carbocycles. The maximum absolute atomic E-state index is 12.3. The molecule has 0 N–H and O–H groups in total. The standard InChI is InChI=1S/C19H25N3O2/c23-18(21-11-4-5-12-21)19(24)22-15-13-20(14-16-22)10-6-9-17-7-2-1-3-8-17/h1-3,6-9H,4-5,10-16H2/b9-6+. The van der Waals surface area contributed by atoms with Crippen molar-refractivity contribution in [2.75, 3.05) is 45.8 Å². The second-order valence-electron chi connectivity index (χ2n) is 6.41. The monoisotopic (exact) mass is 327 g/mol. The number of hydrogen-bond acceptors (Lipinski definition) is 3. The van der Waals surface area contributed by atoms with Crippen LogP contribution < -0.4 is 0 Å². The lowest BCUT2D eigenvalue weighted by atomic mass is 10.2. The molecule has 3 rings (SSSR count). The van der Waals surface area contributed by atoms with Gasteiger partial charge in [0.25, 0.3) is 0 Å². The van der Waals surface area contributed by atoms with Gasteiger partial charge in [0, 0.05) is 45.8 Å². The Morgan fingerprint density at radius 1 is 0.833 bits per heavy atom. The molecule has 0 atom stereocenters. The molecule has 2 amide bonds. The molecule has 0 unspecified atom stereocenters. The van der Waals surface area contributed by atoms with E-state index in [0.717, 1.165) is 45.6 Å². The van der Waals surface area contributed by atoms with E-state index in [9.17, 15) is 9.59 Å². The first-order valence-electron chi connectivity index (χ1n) is 8.76. The van der Waals surface area contributed by atoms with E-state index in [2.05, 4.69) is 29.2 Å². The minimum Gasteiger partial charge on any atom is -0.334 e. The van der Waals surface area contributed by atoms with E-state index >= 15 is 0 Å². The van der Waals surface area contributed by atoms with E-state index in [4.69, 9.17) is 0 Å². The summed E-state index contributed by atoms with van der Waals surface area (Å²) in [5, 5.41) is 0. The predicted octanol–water partition coefficient (Wildman–Crippen LogP) is 1.47. The van der Waals surface area contributed by atoms with Crippen molar-refractivity contribution >= 4 is 17.9 Å². The summed E-state index contributed by atoms with van der Waals surface area (Å²) < 4.78 is 0. The Morgan fingerprint density at radius 2 is 1.42 bits per heavy atom. The summed E-state index contributed by atoms with van der Waals surface area (Å²) in [5.74, 6) is -0.638.